The van der Waals surface area contributed by atoms with Crippen molar-refractivity contribution < 1.29 is 49.1 Å². The highest BCUT2D eigenvalue weighted by molar-refractivity contribution is 6.24. The van der Waals surface area contributed by atoms with Gasteiger partial charge in [0.25, 0.3) is 5.91 Å². The Morgan fingerprint density at radius 3 is 2.36 bits per heavy atom. The summed E-state index contributed by atoms with van der Waals surface area (Å²) >= 11 is 0. The Labute approximate surface area is 242 Å². The number of benzene rings is 1. The minimum absolute atomic E-state index is 0.00550. The highest BCUT2D eigenvalue weighted by atomic mass is 16.6. The third-order valence-corrected chi connectivity index (χ3v) is 8.41. The van der Waals surface area contributed by atoms with E-state index in [4.69, 9.17) is 15.2 Å². The molecule has 0 aromatic heterocycles. The molecule has 6 N–H and O–H groups in total. The number of primary amides is 1. The van der Waals surface area contributed by atoms with E-state index in [1.54, 1.807) is 39.2 Å². The van der Waals surface area contributed by atoms with E-state index in [2.05, 4.69) is 0 Å². The molecule has 0 radical (unpaired) electrons. The van der Waals surface area contributed by atoms with Crippen LogP contribution in [0, 0.1) is 11.8 Å². The van der Waals surface area contributed by atoms with Crippen molar-refractivity contribution in [3.8, 4) is 5.75 Å². The van der Waals surface area contributed by atoms with Gasteiger partial charge in [0.05, 0.1) is 18.2 Å². The van der Waals surface area contributed by atoms with Crippen LogP contribution in [0.5, 0.6) is 5.75 Å². The number of fused-ring (bicyclic) bond motifs is 3. The number of Topliss-reactive ketones (excluding diaryl/α,β-unsaturated/α-hetero) is 2. The predicted molar refractivity (Wildman–Crippen MR) is 150 cm³/mol. The fraction of sp³-hybridized carbons (Fsp3) is 0.517. The van der Waals surface area contributed by atoms with Crippen LogP contribution >= 0.6 is 0 Å². The smallest absolute Gasteiger partial charge is 0.306 e. The van der Waals surface area contributed by atoms with Crippen LogP contribution in [-0.2, 0) is 41.5 Å². The van der Waals surface area contributed by atoms with Gasteiger partial charge in [-0.3, -0.25) is 24.1 Å². The summed E-state index contributed by atoms with van der Waals surface area (Å²) < 4.78 is 9.96. The molecular formula is C29H37N3O10. The molecule has 1 amide bonds. The second-order valence-corrected chi connectivity index (χ2v) is 11.3. The van der Waals surface area contributed by atoms with E-state index in [9.17, 15) is 39.6 Å². The van der Waals surface area contributed by atoms with Crippen LogP contribution in [0.25, 0.3) is 5.76 Å². The Bertz CT molecular complexity index is 1410. The van der Waals surface area contributed by atoms with Crippen molar-refractivity contribution in [2.75, 3.05) is 53.4 Å². The summed E-state index contributed by atoms with van der Waals surface area (Å²) in [6.07, 6.45) is 0.150. The van der Waals surface area contributed by atoms with Crippen LogP contribution in [0.15, 0.2) is 23.0 Å². The number of ether oxygens (including phenoxy) is 2. The molecule has 0 heterocycles. The fourth-order valence-corrected chi connectivity index (χ4v) is 6.48. The zero-order valence-corrected chi connectivity index (χ0v) is 24.3. The number of nitrogens with two attached hydrogens (primary N) is 1. The number of anilines is 1. The molecule has 3 aliphatic rings. The number of aliphatic hydroxyl groups is 3. The Kier molecular flexibility index (Phi) is 8.40. The topological polar surface area (TPSA) is 200 Å². The first-order valence-electron chi connectivity index (χ1n) is 13.5. The average molecular weight is 588 g/mol. The molecule has 4 atom stereocenters. The summed E-state index contributed by atoms with van der Waals surface area (Å²) in [6.45, 7) is 0.313. The molecular weight excluding hydrogens is 550 g/mol. The predicted octanol–water partition coefficient (Wildman–Crippen LogP) is 0.152. The standard InChI is InChI=1S/C29H37N3O10/c1-31(2)17-12-13(6-7-18(33)42-9-8-41-5)23(34)20-15(17)10-14-11-16-22(32(3)4)25(36)21(28(30)39)27(38)29(16,40)26(37)19(14)24(20)35/h12,14,16,22,34-35,38,40H,6-11H2,1-5H3,(H2,30,39)/t14-,16-,22-,29-/m0/s1. The second kappa shape index (κ2) is 11.4. The highest BCUT2D eigenvalue weighted by Crippen LogP contribution is 2.54. The number of esters is 1. The molecule has 42 heavy (non-hydrogen) atoms. The lowest BCUT2D eigenvalue weighted by atomic mass is 9.57. The number of nitrogens with zero attached hydrogens (tertiary/aromatic N) is 2. The molecule has 1 aromatic carbocycles. The number of carbonyl (C=O) groups is 4. The lowest BCUT2D eigenvalue weighted by Crippen LogP contribution is -2.65. The minimum atomic E-state index is -2.71. The van der Waals surface area contributed by atoms with Gasteiger partial charge in [0.1, 0.15) is 29.4 Å². The first-order chi connectivity index (χ1) is 19.7. The number of carbonyl (C=O) groups excluding carboxylic acids is 4. The number of ketones is 2. The number of phenolic OH excluding ortho intramolecular Hbond substituents is 1. The van der Waals surface area contributed by atoms with Crippen LogP contribution in [0.2, 0.25) is 0 Å². The average Bonchev–Trinajstić information content (AvgIpc) is 2.89. The Balaban J connectivity index is 1.85. The molecule has 13 heteroatoms. The number of aromatic hydroxyl groups is 1. The fourth-order valence-electron chi connectivity index (χ4n) is 6.48. The number of likely N-dealkylation sites (N-methyl/N-ethyl adjacent to an activating group) is 1. The normalized spacial score (nSPS) is 25.3. The van der Waals surface area contributed by atoms with E-state index in [0.717, 1.165) is 0 Å². The number of phenols is 1. The number of methoxy groups -OCH3 is 1. The maximum absolute atomic E-state index is 14.0. The van der Waals surface area contributed by atoms with Gasteiger partial charge in [-0.1, -0.05) is 0 Å². The highest BCUT2D eigenvalue weighted by Gasteiger charge is 2.64. The lowest BCUT2D eigenvalue weighted by molar-refractivity contribution is -0.153. The molecule has 4 rings (SSSR count). The molecule has 3 aliphatic carbocycles. The van der Waals surface area contributed by atoms with Crippen LogP contribution in [0.3, 0.4) is 0 Å². The first-order valence-corrected chi connectivity index (χ1v) is 13.5. The van der Waals surface area contributed by atoms with Crippen molar-refractivity contribution in [3.05, 3.63) is 39.7 Å². The number of rotatable bonds is 9. The summed E-state index contributed by atoms with van der Waals surface area (Å²) in [7, 11) is 8.11. The molecule has 0 saturated heterocycles. The van der Waals surface area contributed by atoms with Crippen molar-refractivity contribution in [2.45, 2.75) is 37.3 Å². The largest absolute Gasteiger partial charge is 0.508 e. The molecule has 0 unspecified atom stereocenters. The second-order valence-electron chi connectivity index (χ2n) is 11.3. The van der Waals surface area contributed by atoms with Gasteiger partial charge in [0.15, 0.2) is 11.4 Å². The number of amides is 1. The first kappa shape index (κ1) is 31.0. The van der Waals surface area contributed by atoms with E-state index < -0.39 is 64.0 Å². The number of hydrogen-bond donors (Lipinski definition) is 5. The van der Waals surface area contributed by atoms with E-state index >= 15 is 0 Å². The number of hydrogen-bond acceptors (Lipinski definition) is 12. The maximum atomic E-state index is 14.0. The van der Waals surface area contributed by atoms with E-state index in [0.29, 0.717) is 16.8 Å². The minimum Gasteiger partial charge on any atom is -0.508 e. The number of aliphatic hydroxyl groups excluding tert-OH is 2. The van der Waals surface area contributed by atoms with Gasteiger partial charge in [0, 0.05) is 44.8 Å². The van der Waals surface area contributed by atoms with E-state index in [-0.39, 0.29) is 55.8 Å². The molecule has 0 bridgehead atoms. The van der Waals surface area contributed by atoms with Gasteiger partial charge >= 0.3 is 5.97 Å². The van der Waals surface area contributed by atoms with Gasteiger partial charge in [0.2, 0.25) is 5.78 Å². The maximum Gasteiger partial charge on any atom is 0.306 e. The van der Waals surface area contributed by atoms with E-state index in [1.807, 2.05) is 0 Å². The molecule has 228 valence electrons. The molecule has 1 aromatic rings. The van der Waals surface area contributed by atoms with E-state index in [1.165, 1.54) is 12.0 Å². The molecule has 1 fully saturated rings. The lowest BCUT2D eigenvalue weighted by Gasteiger charge is -2.50. The number of aryl methyl sites for hydroxylation is 1. The summed E-state index contributed by atoms with van der Waals surface area (Å²) in [5.74, 6) is -7.61. The summed E-state index contributed by atoms with van der Waals surface area (Å²) in [5.41, 5.74) is 3.01. The zero-order chi connectivity index (χ0) is 31.3. The monoisotopic (exact) mass is 587 g/mol. The molecule has 0 spiro atoms. The van der Waals surface area contributed by atoms with Crippen molar-refractivity contribution in [3.63, 3.8) is 0 Å². The van der Waals surface area contributed by atoms with Gasteiger partial charge in [-0.2, -0.15) is 0 Å². The van der Waals surface area contributed by atoms with Crippen LogP contribution in [0.4, 0.5) is 5.69 Å². The van der Waals surface area contributed by atoms with Crippen LogP contribution < -0.4 is 10.6 Å². The van der Waals surface area contributed by atoms with Gasteiger partial charge in [-0.25, -0.2) is 0 Å². The van der Waals surface area contributed by atoms with Gasteiger partial charge in [-0.15, -0.1) is 0 Å². The third-order valence-electron chi connectivity index (χ3n) is 8.41. The van der Waals surface area contributed by atoms with Crippen molar-refractivity contribution in [2.24, 2.45) is 17.6 Å². The SMILES string of the molecule is COCCOC(=O)CCc1cc(N(C)C)c2c(c1O)C(O)=C1C(=O)[C@]3(O)C(O)=C(C(N)=O)C(=O)[C@@H](N(C)C)[C@@H]3C[C@@H]1C2. The van der Waals surface area contributed by atoms with Gasteiger partial charge in [-0.05, 0) is 56.5 Å². The van der Waals surface area contributed by atoms with Crippen molar-refractivity contribution >= 4 is 34.9 Å². The summed E-state index contributed by atoms with van der Waals surface area (Å²) in [5, 5.41) is 45.6. The third kappa shape index (κ3) is 4.80. The van der Waals surface area contributed by atoms with Crippen molar-refractivity contribution in [1.82, 2.24) is 4.90 Å². The Morgan fingerprint density at radius 1 is 1.12 bits per heavy atom. The Hall–Kier alpha value is -3.94. The molecule has 13 nitrogen and oxygen atoms in total. The Morgan fingerprint density at radius 2 is 1.79 bits per heavy atom. The quantitative estimate of drug-likeness (QED) is 0.149. The zero-order valence-electron chi connectivity index (χ0n) is 24.3. The van der Waals surface area contributed by atoms with Crippen molar-refractivity contribution in [1.29, 1.82) is 0 Å². The van der Waals surface area contributed by atoms with Crippen LogP contribution in [0.1, 0.15) is 29.5 Å². The molecule has 0 aliphatic heterocycles. The summed E-state index contributed by atoms with van der Waals surface area (Å²) in [4.78, 5) is 54.8. The van der Waals surface area contributed by atoms with Crippen LogP contribution in [-0.4, -0.2) is 109 Å². The summed E-state index contributed by atoms with van der Waals surface area (Å²) in [6, 6.07) is 0.547. The molecule has 1 saturated carbocycles. The van der Waals surface area contributed by atoms with Gasteiger partial charge < -0.3 is 40.5 Å².